The van der Waals surface area contributed by atoms with E-state index in [-0.39, 0.29) is 0 Å². The highest BCUT2D eigenvalue weighted by molar-refractivity contribution is 6.73. The Balaban J connectivity index is 2.81. The highest BCUT2D eigenvalue weighted by atomic mass is 28.4. The van der Waals surface area contributed by atoms with Crippen LogP contribution in [0.1, 0.15) is 39.7 Å². The minimum absolute atomic E-state index is 0.934. The third-order valence-corrected chi connectivity index (χ3v) is 8.49. The largest absolute Gasteiger partial charge is 0.546 e. The van der Waals surface area contributed by atoms with Gasteiger partial charge in [-0.05, 0) is 36.2 Å². The van der Waals surface area contributed by atoms with E-state index in [1.165, 1.54) is 29.5 Å². The minimum atomic E-state index is -1.54. The second-order valence-corrected chi connectivity index (χ2v) is 9.78. The fourth-order valence-electron chi connectivity index (χ4n) is 2.42. The summed E-state index contributed by atoms with van der Waals surface area (Å²) in [5, 5.41) is 0. The van der Waals surface area contributed by atoms with Crippen molar-refractivity contribution in [1.29, 1.82) is 0 Å². The average molecular weight is 276 g/mol. The molecule has 0 saturated carbocycles. The van der Waals surface area contributed by atoms with Gasteiger partial charge in [-0.3, -0.25) is 0 Å². The van der Waals surface area contributed by atoms with Crippen molar-refractivity contribution in [2.24, 2.45) is 0 Å². The third-order valence-electron chi connectivity index (χ3n) is 3.93. The van der Waals surface area contributed by atoms with Crippen LogP contribution >= 0.6 is 0 Å². The fourth-order valence-corrected chi connectivity index (χ4v) is 5.06. The molecule has 0 atom stereocenters. The molecule has 2 heteroatoms. The molecule has 0 bridgehead atoms. The van der Waals surface area contributed by atoms with Crippen LogP contribution in [0.4, 0.5) is 0 Å². The molecule has 0 aliphatic heterocycles. The molecule has 0 heterocycles. The van der Waals surface area contributed by atoms with Crippen molar-refractivity contribution in [3.8, 4) is 0 Å². The number of hydrogen-bond donors (Lipinski definition) is 0. The molecule has 1 aromatic carbocycles. The van der Waals surface area contributed by atoms with Crippen LogP contribution in [0.5, 0.6) is 0 Å². The Morgan fingerprint density at radius 1 is 1.00 bits per heavy atom. The van der Waals surface area contributed by atoms with Crippen LogP contribution in [0.2, 0.25) is 18.1 Å². The highest BCUT2D eigenvalue weighted by Crippen LogP contribution is 2.26. The van der Waals surface area contributed by atoms with Crippen LogP contribution in [0, 0.1) is 0 Å². The second-order valence-electron chi connectivity index (χ2n) is 5.09. The highest BCUT2D eigenvalue weighted by Gasteiger charge is 2.31. The molecule has 1 nitrogen and oxygen atoms in total. The molecule has 0 unspecified atom stereocenters. The van der Waals surface area contributed by atoms with Gasteiger partial charge in [-0.15, -0.1) is 0 Å². The first kappa shape index (κ1) is 16.0. The standard InChI is InChI=1S/C17H28OSi/c1-5-12-17(15-16-13-10-9-11-14-16)18-19(6-2,7-3)8-4/h9-14H,5-8,15H2,1-4H3/b17-12-. The molecule has 1 aromatic rings. The predicted octanol–water partition coefficient (Wildman–Crippen LogP) is 5.54. The zero-order valence-electron chi connectivity index (χ0n) is 12.9. The summed E-state index contributed by atoms with van der Waals surface area (Å²) in [6, 6.07) is 14.2. The quantitative estimate of drug-likeness (QED) is 0.447. The van der Waals surface area contributed by atoms with Crippen molar-refractivity contribution < 1.29 is 4.43 Å². The SMILES string of the molecule is CC/C=C(/Cc1ccccc1)O[Si](CC)(CC)CC. The monoisotopic (exact) mass is 276 g/mol. The molecular formula is C17H28OSi. The molecule has 0 aliphatic carbocycles. The Hall–Kier alpha value is -1.02. The first-order valence-electron chi connectivity index (χ1n) is 7.61. The normalized spacial score (nSPS) is 12.5. The first-order chi connectivity index (χ1) is 9.19. The Morgan fingerprint density at radius 2 is 1.58 bits per heavy atom. The summed E-state index contributed by atoms with van der Waals surface area (Å²) in [7, 11) is -1.54. The number of benzene rings is 1. The maximum atomic E-state index is 6.53. The molecule has 1 rings (SSSR count). The lowest BCUT2D eigenvalue weighted by molar-refractivity contribution is 0.391. The summed E-state index contributed by atoms with van der Waals surface area (Å²) < 4.78 is 6.53. The van der Waals surface area contributed by atoms with Gasteiger partial charge in [0.1, 0.15) is 0 Å². The van der Waals surface area contributed by atoms with Crippen molar-refractivity contribution in [1.82, 2.24) is 0 Å². The van der Waals surface area contributed by atoms with Gasteiger partial charge in [0.15, 0.2) is 0 Å². The van der Waals surface area contributed by atoms with E-state index in [1.807, 2.05) is 0 Å². The van der Waals surface area contributed by atoms with Gasteiger partial charge < -0.3 is 4.43 Å². The van der Waals surface area contributed by atoms with Gasteiger partial charge in [-0.1, -0.05) is 58.0 Å². The van der Waals surface area contributed by atoms with E-state index in [9.17, 15) is 0 Å². The van der Waals surface area contributed by atoms with Crippen LogP contribution in [-0.2, 0) is 10.8 Å². The number of rotatable bonds is 8. The summed E-state index contributed by atoms with van der Waals surface area (Å²) in [5.41, 5.74) is 1.34. The van der Waals surface area contributed by atoms with E-state index in [0.717, 1.165) is 12.8 Å². The fraction of sp³-hybridized carbons (Fsp3) is 0.529. The average Bonchev–Trinajstić information content (AvgIpc) is 2.46. The Morgan fingerprint density at radius 3 is 2.05 bits per heavy atom. The summed E-state index contributed by atoms with van der Waals surface area (Å²) in [6.45, 7) is 9.03. The molecule has 106 valence electrons. The van der Waals surface area contributed by atoms with Gasteiger partial charge in [0.25, 0.3) is 0 Å². The molecule has 0 spiro atoms. The lowest BCUT2D eigenvalue weighted by Gasteiger charge is -2.30. The number of hydrogen-bond acceptors (Lipinski definition) is 1. The molecule has 0 saturated heterocycles. The molecule has 0 fully saturated rings. The van der Waals surface area contributed by atoms with Gasteiger partial charge in [-0.2, -0.15) is 0 Å². The Bertz CT molecular complexity index is 371. The summed E-state index contributed by atoms with van der Waals surface area (Å²) in [4.78, 5) is 0. The van der Waals surface area contributed by atoms with Crippen LogP contribution in [0.15, 0.2) is 42.2 Å². The van der Waals surface area contributed by atoms with E-state index < -0.39 is 8.32 Å². The van der Waals surface area contributed by atoms with E-state index >= 15 is 0 Å². The Kier molecular flexibility index (Phi) is 6.93. The predicted molar refractivity (Wildman–Crippen MR) is 86.8 cm³/mol. The van der Waals surface area contributed by atoms with E-state index in [2.05, 4.69) is 64.1 Å². The molecule has 0 radical (unpaired) electrons. The zero-order valence-corrected chi connectivity index (χ0v) is 13.9. The summed E-state index contributed by atoms with van der Waals surface area (Å²) in [6.07, 6.45) is 4.24. The topological polar surface area (TPSA) is 9.23 Å². The van der Waals surface area contributed by atoms with Crippen molar-refractivity contribution in [3.63, 3.8) is 0 Å². The van der Waals surface area contributed by atoms with Crippen molar-refractivity contribution in [2.45, 2.75) is 58.7 Å². The smallest absolute Gasteiger partial charge is 0.250 e. The van der Waals surface area contributed by atoms with Crippen molar-refractivity contribution >= 4 is 8.32 Å². The molecule has 0 aromatic heterocycles. The molecule has 19 heavy (non-hydrogen) atoms. The van der Waals surface area contributed by atoms with Crippen LogP contribution in [0.3, 0.4) is 0 Å². The Labute approximate surface area is 119 Å². The lowest BCUT2D eigenvalue weighted by atomic mass is 10.1. The van der Waals surface area contributed by atoms with E-state index in [1.54, 1.807) is 0 Å². The van der Waals surface area contributed by atoms with Crippen LogP contribution in [0.25, 0.3) is 0 Å². The zero-order chi connectivity index (χ0) is 14.1. The van der Waals surface area contributed by atoms with Crippen molar-refractivity contribution in [2.75, 3.05) is 0 Å². The maximum absolute atomic E-state index is 6.53. The molecule has 0 N–H and O–H groups in total. The first-order valence-corrected chi connectivity index (χ1v) is 10.1. The lowest BCUT2D eigenvalue weighted by Crippen LogP contribution is -2.35. The molecule has 0 aliphatic rings. The van der Waals surface area contributed by atoms with Gasteiger partial charge >= 0.3 is 0 Å². The van der Waals surface area contributed by atoms with Gasteiger partial charge in [0, 0.05) is 6.42 Å². The summed E-state index contributed by atoms with van der Waals surface area (Å²) in [5.74, 6) is 1.19. The maximum Gasteiger partial charge on any atom is 0.250 e. The molecule has 0 amide bonds. The van der Waals surface area contributed by atoms with Crippen molar-refractivity contribution in [3.05, 3.63) is 47.7 Å². The van der Waals surface area contributed by atoms with Gasteiger partial charge in [-0.25, -0.2) is 0 Å². The number of allylic oxidation sites excluding steroid dienone is 2. The minimum Gasteiger partial charge on any atom is -0.546 e. The van der Waals surface area contributed by atoms with Gasteiger partial charge in [0.2, 0.25) is 8.32 Å². The van der Waals surface area contributed by atoms with Gasteiger partial charge in [0.05, 0.1) is 5.76 Å². The van der Waals surface area contributed by atoms with E-state index in [0.29, 0.717) is 0 Å². The summed E-state index contributed by atoms with van der Waals surface area (Å²) >= 11 is 0. The van der Waals surface area contributed by atoms with Crippen LogP contribution in [-0.4, -0.2) is 8.32 Å². The third kappa shape index (κ3) is 4.87. The van der Waals surface area contributed by atoms with E-state index in [4.69, 9.17) is 4.43 Å². The second kappa shape index (κ2) is 8.21. The molecular weight excluding hydrogens is 248 g/mol. The van der Waals surface area contributed by atoms with Crippen LogP contribution < -0.4 is 0 Å².